The second kappa shape index (κ2) is 7.00. The lowest BCUT2D eigenvalue weighted by molar-refractivity contribution is -0.906. The van der Waals surface area contributed by atoms with Gasteiger partial charge in [-0.2, -0.15) is 0 Å². The van der Waals surface area contributed by atoms with Crippen molar-refractivity contribution < 1.29 is 18.1 Å². The van der Waals surface area contributed by atoms with Gasteiger partial charge >= 0.3 is 0 Å². The summed E-state index contributed by atoms with van der Waals surface area (Å²) in [6.45, 7) is 4.76. The number of hydrogen-bond donors (Lipinski definition) is 2. The van der Waals surface area contributed by atoms with E-state index >= 15 is 0 Å². The van der Waals surface area contributed by atoms with E-state index in [4.69, 9.17) is 4.74 Å². The molecule has 2 rings (SSSR count). The van der Waals surface area contributed by atoms with Gasteiger partial charge in [0.05, 0.1) is 32.1 Å². The highest BCUT2D eigenvalue weighted by atomic mass is 32.2. The fourth-order valence-corrected chi connectivity index (χ4v) is 3.28. The molecule has 0 atom stereocenters. The standard InChI is InChI=1S/C13H20N2O3S/c16-19(17,12-13-4-2-1-3-5-13)14-6-7-15-8-10-18-11-9-15/h1-5,14H,6-12H2/p+1. The molecule has 0 bridgehead atoms. The second-order valence-corrected chi connectivity index (χ2v) is 6.56. The van der Waals surface area contributed by atoms with Gasteiger partial charge in [-0.05, 0) is 5.56 Å². The maximum Gasteiger partial charge on any atom is 0.215 e. The summed E-state index contributed by atoms with van der Waals surface area (Å²) in [4.78, 5) is 1.40. The van der Waals surface area contributed by atoms with Crippen molar-refractivity contribution in [2.75, 3.05) is 39.4 Å². The number of benzene rings is 1. The fourth-order valence-electron chi connectivity index (χ4n) is 2.14. The number of nitrogens with one attached hydrogen (secondary N) is 2. The van der Waals surface area contributed by atoms with Gasteiger partial charge in [-0.1, -0.05) is 30.3 Å². The summed E-state index contributed by atoms with van der Waals surface area (Å²) in [5.41, 5.74) is 0.814. The maximum absolute atomic E-state index is 11.9. The topological polar surface area (TPSA) is 59.8 Å². The van der Waals surface area contributed by atoms with Crippen LogP contribution in [-0.2, 0) is 20.5 Å². The molecular formula is C13H21N2O3S+. The van der Waals surface area contributed by atoms with Gasteiger partial charge in [0.1, 0.15) is 13.1 Å². The number of ether oxygens (including phenoxy) is 1. The summed E-state index contributed by atoms with van der Waals surface area (Å²) in [6, 6.07) is 9.23. The molecule has 0 radical (unpaired) electrons. The van der Waals surface area contributed by atoms with Gasteiger partial charge in [-0.25, -0.2) is 13.1 Å². The molecule has 1 saturated heterocycles. The van der Waals surface area contributed by atoms with Crippen molar-refractivity contribution in [2.24, 2.45) is 0 Å². The van der Waals surface area contributed by atoms with E-state index in [1.54, 1.807) is 0 Å². The molecule has 106 valence electrons. The second-order valence-electron chi connectivity index (χ2n) is 4.75. The molecular weight excluding hydrogens is 264 g/mol. The minimum Gasteiger partial charge on any atom is -0.370 e. The molecule has 1 heterocycles. The molecule has 19 heavy (non-hydrogen) atoms. The van der Waals surface area contributed by atoms with Crippen LogP contribution in [0.2, 0.25) is 0 Å². The van der Waals surface area contributed by atoms with Crippen molar-refractivity contribution in [3.63, 3.8) is 0 Å². The number of rotatable bonds is 6. The quantitative estimate of drug-likeness (QED) is 0.706. The Hall–Kier alpha value is -0.950. The number of sulfonamides is 1. The molecule has 0 saturated carbocycles. The zero-order chi connectivity index (χ0) is 13.6. The van der Waals surface area contributed by atoms with E-state index < -0.39 is 10.0 Å². The van der Waals surface area contributed by atoms with Gasteiger partial charge in [0.2, 0.25) is 10.0 Å². The summed E-state index contributed by atoms with van der Waals surface area (Å²) < 4.78 is 31.7. The lowest BCUT2D eigenvalue weighted by Crippen LogP contribution is -3.14. The molecule has 0 unspecified atom stereocenters. The third kappa shape index (κ3) is 5.28. The largest absolute Gasteiger partial charge is 0.370 e. The Bertz CT molecular complexity index is 470. The number of hydrogen-bond acceptors (Lipinski definition) is 3. The molecule has 1 fully saturated rings. The molecule has 1 aliphatic heterocycles. The van der Waals surface area contributed by atoms with E-state index in [1.165, 1.54) is 4.90 Å². The highest BCUT2D eigenvalue weighted by Crippen LogP contribution is 2.03. The summed E-state index contributed by atoms with van der Waals surface area (Å²) >= 11 is 0. The SMILES string of the molecule is O=S(=O)(Cc1ccccc1)NCC[NH+]1CCOCC1. The predicted molar refractivity (Wildman–Crippen MR) is 73.5 cm³/mol. The molecule has 0 aliphatic carbocycles. The van der Waals surface area contributed by atoms with Crippen molar-refractivity contribution in [1.82, 2.24) is 4.72 Å². The molecule has 1 aliphatic rings. The summed E-state index contributed by atoms with van der Waals surface area (Å²) in [5.74, 6) is 0.0479. The van der Waals surface area contributed by atoms with E-state index in [0.29, 0.717) is 6.54 Å². The Morgan fingerprint density at radius 1 is 1.16 bits per heavy atom. The van der Waals surface area contributed by atoms with Crippen LogP contribution < -0.4 is 9.62 Å². The first-order valence-electron chi connectivity index (χ1n) is 6.58. The van der Waals surface area contributed by atoms with Crippen LogP contribution in [0.4, 0.5) is 0 Å². The molecule has 0 spiro atoms. The predicted octanol–water partition coefficient (Wildman–Crippen LogP) is -0.979. The summed E-state index contributed by atoms with van der Waals surface area (Å²) in [6.07, 6.45) is 0. The van der Waals surface area contributed by atoms with Crippen molar-refractivity contribution in [2.45, 2.75) is 5.75 Å². The first-order valence-corrected chi connectivity index (χ1v) is 8.23. The molecule has 6 heteroatoms. The first-order chi connectivity index (χ1) is 9.16. The average molecular weight is 285 g/mol. The van der Waals surface area contributed by atoms with Crippen LogP contribution in [0.15, 0.2) is 30.3 Å². The van der Waals surface area contributed by atoms with Crippen molar-refractivity contribution >= 4 is 10.0 Å². The van der Waals surface area contributed by atoms with Crippen molar-refractivity contribution in [1.29, 1.82) is 0 Å². The zero-order valence-corrected chi connectivity index (χ0v) is 11.8. The van der Waals surface area contributed by atoms with Crippen LogP contribution in [0, 0.1) is 0 Å². The molecule has 0 amide bonds. The Morgan fingerprint density at radius 3 is 2.53 bits per heavy atom. The van der Waals surface area contributed by atoms with Crippen LogP contribution in [0.5, 0.6) is 0 Å². The highest BCUT2D eigenvalue weighted by molar-refractivity contribution is 7.88. The average Bonchev–Trinajstić information content (AvgIpc) is 2.40. The van der Waals surface area contributed by atoms with Gasteiger partial charge in [-0.3, -0.25) is 0 Å². The maximum atomic E-state index is 11.9. The Kier molecular flexibility index (Phi) is 5.33. The van der Waals surface area contributed by atoms with Gasteiger partial charge in [0.25, 0.3) is 0 Å². The van der Waals surface area contributed by atoms with E-state index in [2.05, 4.69) is 4.72 Å². The highest BCUT2D eigenvalue weighted by Gasteiger charge is 2.15. The van der Waals surface area contributed by atoms with Crippen LogP contribution >= 0.6 is 0 Å². The van der Waals surface area contributed by atoms with Crippen LogP contribution in [0.25, 0.3) is 0 Å². The third-order valence-corrected chi connectivity index (χ3v) is 4.56. The van der Waals surface area contributed by atoms with Gasteiger partial charge in [-0.15, -0.1) is 0 Å². The lowest BCUT2D eigenvalue weighted by atomic mass is 10.2. The third-order valence-electron chi connectivity index (χ3n) is 3.20. The molecule has 0 aromatic heterocycles. The summed E-state index contributed by atoms with van der Waals surface area (Å²) in [5, 5.41) is 0. The number of morpholine rings is 1. The Morgan fingerprint density at radius 2 is 1.84 bits per heavy atom. The Labute approximate surface area is 114 Å². The van der Waals surface area contributed by atoms with Crippen LogP contribution in [0.3, 0.4) is 0 Å². The van der Waals surface area contributed by atoms with Crippen LogP contribution in [-0.4, -0.2) is 47.8 Å². The molecule has 1 aromatic carbocycles. The van der Waals surface area contributed by atoms with E-state index in [0.717, 1.165) is 38.4 Å². The normalized spacial score (nSPS) is 17.5. The van der Waals surface area contributed by atoms with Gasteiger partial charge in [0, 0.05) is 0 Å². The first kappa shape index (κ1) is 14.5. The Balaban J connectivity index is 1.74. The van der Waals surface area contributed by atoms with E-state index in [9.17, 15) is 8.42 Å². The fraction of sp³-hybridized carbons (Fsp3) is 0.538. The van der Waals surface area contributed by atoms with Gasteiger partial charge in [0.15, 0.2) is 0 Å². The van der Waals surface area contributed by atoms with Crippen molar-refractivity contribution in [3.8, 4) is 0 Å². The van der Waals surface area contributed by atoms with Gasteiger partial charge < -0.3 is 9.64 Å². The minimum absolute atomic E-state index is 0.0479. The van der Waals surface area contributed by atoms with Crippen molar-refractivity contribution in [3.05, 3.63) is 35.9 Å². The zero-order valence-electron chi connectivity index (χ0n) is 11.0. The number of quaternary nitrogens is 1. The molecule has 5 nitrogen and oxygen atoms in total. The lowest BCUT2D eigenvalue weighted by Gasteiger charge is -2.23. The minimum atomic E-state index is -3.23. The summed E-state index contributed by atoms with van der Waals surface area (Å²) in [7, 11) is -3.23. The van der Waals surface area contributed by atoms with E-state index in [-0.39, 0.29) is 5.75 Å². The molecule has 1 aromatic rings. The smallest absolute Gasteiger partial charge is 0.215 e. The monoisotopic (exact) mass is 285 g/mol. The molecule has 2 N–H and O–H groups in total. The van der Waals surface area contributed by atoms with Crippen LogP contribution in [0.1, 0.15) is 5.56 Å². The van der Waals surface area contributed by atoms with E-state index in [1.807, 2.05) is 30.3 Å².